The molecule has 106 valence electrons. The Kier molecular flexibility index (Phi) is 3.55. The lowest BCUT2D eigenvalue weighted by Gasteiger charge is -2.10. The van der Waals surface area contributed by atoms with Crippen molar-refractivity contribution in [1.82, 2.24) is 4.98 Å². The summed E-state index contributed by atoms with van der Waals surface area (Å²) < 4.78 is 0.974. The molecule has 0 aliphatic carbocycles. The minimum atomic E-state index is -0.923. The van der Waals surface area contributed by atoms with Crippen LogP contribution in [0.4, 0.5) is 0 Å². The normalized spacial score (nSPS) is 11.0. The molecule has 3 aromatic rings. The molecule has 1 aromatic carbocycles. The number of aryl methyl sites for hydroxylation is 2. The van der Waals surface area contributed by atoms with Gasteiger partial charge in [0.1, 0.15) is 0 Å². The van der Waals surface area contributed by atoms with Gasteiger partial charge in [-0.3, -0.25) is 0 Å². The Bertz CT molecular complexity index is 870. The van der Waals surface area contributed by atoms with E-state index in [0.29, 0.717) is 11.3 Å². The molecule has 0 fully saturated rings. The molecule has 0 saturated carbocycles. The fourth-order valence-corrected chi connectivity index (χ4v) is 3.77. The summed E-state index contributed by atoms with van der Waals surface area (Å²) in [6, 6.07) is 7.53. The lowest BCUT2D eigenvalue weighted by atomic mass is 9.99. The molecule has 2 heterocycles. The van der Waals surface area contributed by atoms with E-state index >= 15 is 0 Å². The van der Waals surface area contributed by atoms with Gasteiger partial charge in [-0.05, 0) is 53.0 Å². The number of hydrogen-bond acceptors (Lipinski definition) is 3. The highest BCUT2D eigenvalue weighted by atomic mass is 79.9. The summed E-state index contributed by atoms with van der Waals surface area (Å²) >= 11 is 4.96. The molecule has 0 aliphatic rings. The van der Waals surface area contributed by atoms with Crippen molar-refractivity contribution >= 4 is 44.1 Å². The molecular weight excluding hydrogens is 350 g/mol. The molecule has 0 unspecified atom stereocenters. The molecule has 3 nitrogen and oxygen atoms in total. The SMILES string of the molecule is Cc1ccc(C)c2c(C(=O)O)cc(-c3cc(Br)cs3)nc12. The predicted octanol–water partition coefficient (Wildman–Crippen LogP) is 5.04. The van der Waals surface area contributed by atoms with Gasteiger partial charge in [0.15, 0.2) is 0 Å². The Labute approximate surface area is 134 Å². The van der Waals surface area contributed by atoms with Crippen LogP contribution < -0.4 is 0 Å². The lowest BCUT2D eigenvalue weighted by Crippen LogP contribution is -2.02. The molecule has 0 amide bonds. The van der Waals surface area contributed by atoms with Crippen LogP contribution >= 0.6 is 27.3 Å². The van der Waals surface area contributed by atoms with E-state index in [2.05, 4.69) is 20.9 Å². The molecule has 0 radical (unpaired) electrons. The zero-order chi connectivity index (χ0) is 15.1. The molecule has 0 bridgehead atoms. The molecule has 1 N–H and O–H groups in total. The van der Waals surface area contributed by atoms with Crippen LogP contribution in [0.25, 0.3) is 21.5 Å². The molecule has 21 heavy (non-hydrogen) atoms. The van der Waals surface area contributed by atoms with E-state index in [1.54, 1.807) is 6.07 Å². The first kappa shape index (κ1) is 14.2. The molecule has 5 heteroatoms. The molecule has 2 aromatic heterocycles. The summed E-state index contributed by atoms with van der Waals surface area (Å²) in [5.74, 6) is -0.923. The highest BCUT2D eigenvalue weighted by Gasteiger charge is 2.16. The van der Waals surface area contributed by atoms with Crippen LogP contribution in [-0.4, -0.2) is 16.1 Å². The second kappa shape index (κ2) is 5.24. The third-order valence-electron chi connectivity index (χ3n) is 3.42. The summed E-state index contributed by atoms with van der Waals surface area (Å²) in [7, 11) is 0. The van der Waals surface area contributed by atoms with Gasteiger partial charge in [0, 0.05) is 15.2 Å². The van der Waals surface area contributed by atoms with Gasteiger partial charge in [0.2, 0.25) is 0 Å². The molecule has 0 spiro atoms. The van der Waals surface area contributed by atoms with Crippen molar-refractivity contribution in [2.75, 3.05) is 0 Å². The van der Waals surface area contributed by atoms with E-state index in [9.17, 15) is 9.90 Å². The number of thiophene rings is 1. The van der Waals surface area contributed by atoms with Crippen LogP contribution in [0.3, 0.4) is 0 Å². The first-order valence-electron chi connectivity index (χ1n) is 6.36. The Morgan fingerprint density at radius 2 is 1.95 bits per heavy atom. The number of benzene rings is 1. The standard InChI is InChI=1S/C16H12BrNO2S/c1-8-3-4-9(2)15-14(8)11(16(19)20)6-12(18-15)13-5-10(17)7-21-13/h3-7H,1-2H3,(H,19,20). The Morgan fingerprint density at radius 3 is 2.57 bits per heavy atom. The maximum Gasteiger partial charge on any atom is 0.336 e. The van der Waals surface area contributed by atoms with Crippen molar-refractivity contribution in [3.8, 4) is 10.6 Å². The van der Waals surface area contributed by atoms with Crippen LogP contribution in [0.15, 0.2) is 34.1 Å². The largest absolute Gasteiger partial charge is 0.478 e. The van der Waals surface area contributed by atoms with Crippen LogP contribution in [0.5, 0.6) is 0 Å². The van der Waals surface area contributed by atoms with E-state index in [1.165, 1.54) is 11.3 Å². The maximum absolute atomic E-state index is 11.6. The number of aromatic nitrogens is 1. The summed E-state index contributed by atoms with van der Waals surface area (Å²) in [6.07, 6.45) is 0. The van der Waals surface area contributed by atoms with E-state index in [-0.39, 0.29) is 0 Å². The quantitative estimate of drug-likeness (QED) is 0.695. The first-order chi connectivity index (χ1) is 9.97. The van der Waals surface area contributed by atoms with E-state index in [0.717, 1.165) is 31.4 Å². The summed E-state index contributed by atoms with van der Waals surface area (Å²) in [4.78, 5) is 17.3. The zero-order valence-corrected chi connectivity index (χ0v) is 13.9. The van der Waals surface area contributed by atoms with E-state index in [4.69, 9.17) is 0 Å². The van der Waals surface area contributed by atoms with Crippen LogP contribution in [0.2, 0.25) is 0 Å². The molecule has 0 saturated heterocycles. The van der Waals surface area contributed by atoms with Crippen molar-refractivity contribution in [2.45, 2.75) is 13.8 Å². The fourth-order valence-electron chi connectivity index (χ4n) is 2.38. The second-order valence-electron chi connectivity index (χ2n) is 4.91. The molecular formula is C16H12BrNO2S. The molecule has 0 aliphatic heterocycles. The van der Waals surface area contributed by atoms with Crippen molar-refractivity contribution in [3.63, 3.8) is 0 Å². The van der Waals surface area contributed by atoms with Gasteiger partial charge in [0.25, 0.3) is 0 Å². The Morgan fingerprint density at radius 1 is 1.24 bits per heavy atom. The van der Waals surface area contributed by atoms with Gasteiger partial charge in [-0.2, -0.15) is 0 Å². The smallest absolute Gasteiger partial charge is 0.336 e. The number of pyridine rings is 1. The number of carboxylic acid groups (broad SMARTS) is 1. The van der Waals surface area contributed by atoms with Crippen molar-refractivity contribution in [1.29, 1.82) is 0 Å². The number of halogens is 1. The number of fused-ring (bicyclic) bond motifs is 1. The van der Waals surface area contributed by atoms with Gasteiger partial charge >= 0.3 is 5.97 Å². The minimum absolute atomic E-state index is 0.306. The highest BCUT2D eigenvalue weighted by Crippen LogP contribution is 2.33. The minimum Gasteiger partial charge on any atom is -0.478 e. The lowest BCUT2D eigenvalue weighted by molar-refractivity contribution is 0.0699. The van der Waals surface area contributed by atoms with Crippen molar-refractivity contribution < 1.29 is 9.90 Å². The van der Waals surface area contributed by atoms with Gasteiger partial charge in [-0.25, -0.2) is 9.78 Å². The monoisotopic (exact) mass is 361 g/mol. The predicted molar refractivity (Wildman–Crippen MR) is 89.2 cm³/mol. The average molecular weight is 362 g/mol. The second-order valence-corrected chi connectivity index (χ2v) is 6.74. The highest BCUT2D eigenvalue weighted by molar-refractivity contribution is 9.10. The number of hydrogen-bond donors (Lipinski definition) is 1. The Hall–Kier alpha value is -1.72. The van der Waals surface area contributed by atoms with Crippen LogP contribution in [0, 0.1) is 13.8 Å². The molecule has 0 atom stereocenters. The fraction of sp³-hybridized carbons (Fsp3) is 0.125. The van der Waals surface area contributed by atoms with Gasteiger partial charge in [-0.15, -0.1) is 11.3 Å². The topological polar surface area (TPSA) is 50.2 Å². The number of aromatic carboxylic acids is 1. The van der Waals surface area contributed by atoms with Crippen LogP contribution in [0.1, 0.15) is 21.5 Å². The summed E-state index contributed by atoms with van der Waals surface area (Å²) in [6.45, 7) is 3.87. The van der Waals surface area contributed by atoms with Crippen molar-refractivity contribution in [3.05, 3.63) is 50.8 Å². The maximum atomic E-state index is 11.6. The molecule has 3 rings (SSSR count). The van der Waals surface area contributed by atoms with Crippen molar-refractivity contribution in [2.24, 2.45) is 0 Å². The summed E-state index contributed by atoms with van der Waals surface area (Å²) in [5, 5.41) is 12.2. The zero-order valence-electron chi connectivity index (χ0n) is 11.5. The van der Waals surface area contributed by atoms with E-state index < -0.39 is 5.97 Å². The van der Waals surface area contributed by atoms with Gasteiger partial charge in [-0.1, -0.05) is 12.1 Å². The number of rotatable bonds is 2. The summed E-state index contributed by atoms with van der Waals surface area (Å²) in [5.41, 5.74) is 3.68. The Balaban J connectivity index is 2.40. The van der Waals surface area contributed by atoms with Gasteiger partial charge < -0.3 is 5.11 Å². The number of carbonyl (C=O) groups is 1. The number of carboxylic acids is 1. The van der Waals surface area contributed by atoms with Crippen LogP contribution in [-0.2, 0) is 0 Å². The third-order valence-corrected chi connectivity index (χ3v) is 5.13. The third kappa shape index (κ3) is 2.47. The first-order valence-corrected chi connectivity index (χ1v) is 8.03. The average Bonchev–Trinajstić information content (AvgIpc) is 2.88. The van der Waals surface area contributed by atoms with E-state index in [1.807, 2.05) is 37.4 Å². The number of nitrogens with zero attached hydrogens (tertiary/aromatic N) is 1. The van der Waals surface area contributed by atoms with Gasteiger partial charge in [0.05, 0.1) is 21.7 Å².